The Labute approximate surface area is 284 Å². The zero-order valence-electron chi connectivity index (χ0n) is 28.7. The average Bonchev–Trinajstić information content (AvgIpc) is 2.89. The number of hydrogen-bond donors (Lipinski definition) is 1. The molecule has 1 fully saturated rings. The van der Waals surface area contributed by atoms with Gasteiger partial charge in [-0.15, -0.1) is 0 Å². The van der Waals surface area contributed by atoms with Gasteiger partial charge in [-0.1, -0.05) is 0 Å². The van der Waals surface area contributed by atoms with Gasteiger partial charge in [-0.3, -0.25) is 9.79 Å². The molecule has 49 heavy (non-hydrogen) atoms. The van der Waals surface area contributed by atoms with Crippen molar-refractivity contribution >= 4 is 49.5 Å². The minimum absolute atomic E-state index is 0.00570. The Morgan fingerprint density at radius 1 is 1.00 bits per heavy atom. The van der Waals surface area contributed by atoms with E-state index in [1.807, 2.05) is 0 Å². The molecule has 15 nitrogen and oxygen atoms in total. The number of sulfone groups is 1. The Morgan fingerprint density at radius 2 is 1.57 bits per heavy atom. The van der Waals surface area contributed by atoms with Crippen molar-refractivity contribution in [2.75, 3.05) is 37.5 Å². The summed E-state index contributed by atoms with van der Waals surface area (Å²) in [5, 5.41) is 2.58. The third kappa shape index (κ3) is 7.86. The Kier molecular flexibility index (Phi) is 9.70. The van der Waals surface area contributed by atoms with E-state index in [1.165, 1.54) is 86.0 Å². The predicted molar refractivity (Wildman–Crippen MR) is 177 cm³/mol. The molecule has 18 heteroatoms. The Morgan fingerprint density at radius 3 is 2.04 bits per heavy atom. The van der Waals surface area contributed by atoms with Crippen LogP contribution in [0.3, 0.4) is 0 Å². The second-order valence-corrected chi connectivity index (χ2v) is 18.3. The molecule has 1 N–H and O–H groups in total. The van der Waals surface area contributed by atoms with Gasteiger partial charge < -0.3 is 19.5 Å². The molecule has 1 atom stereocenters. The maximum absolute atomic E-state index is 15.7. The minimum atomic E-state index is -4.56. The van der Waals surface area contributed by atoms with Gasteiger partial charge in [-0.05, 0) is 78.8 Å². The normalized spacial score (nSPS) is 20.4. The number of rotatable bonds is 5. The van der Waals surface area contributed by atoms with E-state index in [0.29, 0.717) is 10.6 Å². The van der Waals surface area contributed by atoms with Gasteiger partial charge in [0.2, 0.25) is 10.0 Å². The molecule has 3 heterocycles. The summed E-state index contributed by atoms with van der Waals surface area (Å²) in [6.07, 6.45) is -0.472. The summed E-state index contributed by atoms with van der Waals surface area (Å²) in [5.41, 5.74) is -4.63. The number of carbonyl (C=O) groups is 3. The van der Waals surface area contributed by atoms with E-state index in [0.717, 1.165) is 16.6 Å². The first kappa shape index (κ1) is 37.7. The molecule has 1 aromatic heterocycles. The largest absolute Gasteiger partial charge is 0.495 e. The number of benzene rings is 1. The highest BCUT2D eigenvalue weighted by Crippen LogP contribution is 2.45. The van der Waals surface area contributed by atoms with Gasteiger partial charge in [0.15, 0.2) is 14.6 Å². The number of sulfonamides is 1. The van der Waals surface area contributed by atoms with Crippen LogP contribution >= 0.6 is 0 Å². The monoisotopic (exact) mass is 725 g/mol. The van der Waals surface area contributed by atoms with Crippen molar-refractivity contribution in [3.8, 4) is 5.75 Å². The number of anilines is 1. The van der Waals surface area contributed by atoms with Crippen LogP contribution in [0.4, 0.5) is 19.7 Å². The van der Waals surface area contributed by atoms with Crippen molar-refractivity contribution in [1.82, 2.24) is 14.2 Å². The lowest BCUT2D eigenvalue weighted by Crippen LogP contribution is -2.77. The number of ether oxygens (including phenoxy) is 3. The quantitative estimate of drug-likeness (QED) is 0.473. The van der Waals surface area contributed by atoms with Crippen LogP contribution in [0.25, 0.3) is 0 Å². The van der Waals surface area contributed by atoms with E-state index in [1.54, 1.807) is 0 Å². The topological polar surface area (TPSA) is 191 Å². The SMILES string of the molecule is COc1ccc(C(=O)Nc2ccc(F)c([C@]3(C)CS(=O)(=O)C4(CN(S(C)(=O)=O)C4)C(N(C(=O)OC(C)(C)C)C(=O)OC(C)(C)C)=N3)c2)nc1. The molecule has 0 saturated carbocycles. The number of nitrogens with zero attached hydrogens (tertiary/aromatic N) is 4. The van der Waals surface area contributed by atoms with Crippen LogP contribution in [0.5, 0.6) is 5.75 Å². The van der Waals surface area contributed by atoms with Gasteiger partial charge in [0.1, 0.15) is 39.8 Å². The number of amides is 3. The second-order valence-electron chi connectivity index (χ2n) is 14.0. The van der Waals surface area contributed by atoms with Crippen molar-refractivity contribution in [2.24, 2.45) is 4.99 Å². The lowest BCUT2D eigenvalue weighted by molar-refractivity contribution is 0.0131. The van der Waals surface area contributed by atoms with Crippen LogP contribution < -0.4 is 10.1 Å². The molecule has 4 rings (SSSR count). The molecule has 1 aromatic carbocycles. The number of carbonyl (C=O) groups excluding carboxylic acids is 3. The van der Waals surface area contributed by atoms with Crippen LogP contribution in [-0.4, -0.2) is 103 Å². The summed E-state index contributed by atoms with van der Waals surface area (Å²) >= 11 is 0. The first-order valence-electron chi connectivity index (χ1n) is 15.0. The van der Waals surface area contributed by atoms with E-state index in [4.69, 9.17) is 14.2 Å². The highest BCUT2D eigenvalue weighted by molar-refractivity contribution is 7.94. The lowest BCUT2D eigenvalue weighted by atomic mass is 9.91. The maximum atomic E-state index is 15.7. The predicted octanol–water partition coefficient (Wildman–Crippen LogP) is 3.71. The van der Waals surface area contributed by atoms with Gasteiger partial charge >= 0.3 is 12.2 Å². The van der Waals surface area contributed by atoms with E-state index in [9.17, 15) is 31.2 Å². The third-order valence-corrected chi connectivity index (χ3v) is 11.3. The number of imide groups is 1. The van der Waals surface area contributed by atoms with Crippen LogP contribution in [-0.2, 0) is 34.9 Å². The van der Waals surface area contributed by atoms with Crippen molar-refractivity contribution in [2.45, 2.75) is 70.0 Å². The summed E-state index contributed by atoms with van der Waals surface area (Å²) in [6.45, 7) is 9.02. The van der Waals surface area contributed by atoms with Crippen molar-refractivity contribution in [3.05, 3.63) is 53.6 Å². The number of methoxy groups -OCH3 is 1. The Hall–Kier alpha value is -4.16. The van der Waals surface area contributed by atoms with E-state index < -0.39 is 89.9 Å². The molecular weight excluding hydrogens is 685 g/mol. The van der Waals surface area contributed by atoms with Crippen LogP contribution in [0.1, 0.15) is 64.5 Å². The number of amidine groups is 1. The van der Waals surface area contributed by atoms with Crippen molar-refractivity contribution < 1.29 is 49.8 Å². The van der Waals surface area contributed by atoms with E-state index in [-0.39, 0.29) is 16.9 Å². The lowest BCUT2D eigenvalue weighted by Gasteiger charge is -2.53. The smallest absolute Gasteiger partial charge is 0.425 e. The molecule has 1 saturated heterocycles. The van der Waals surface area contributed by atoms with Crippen molar-refractivity contribution in [3.63, 3.8) is 0 Å². The molecule has 0 radical (unpaired) electrons. The van der Waals surface area contributed by atoms with Crippen LogP contribution in [0.15, 0.2) is 41.5 Å². The fourth-order valence-corrected chi connectivity index (χ4v) is 8.64. The Bertz CT molecular complexity index is 1890. The van der Waals surface area contributed by atoms with E-state index in [2.05, 4.69) is 15.3 Å². The van der Waals surface area contributed by atoms with Crippen LogP contribution in [0.2, 0.25) is 0 Å². The summed E-state index contributed by atoms with van der Waals surface area (Å²) in [4.78, 5) is 49.3. The second kappa shape index (κ2) is 12.6. The summed E-state index contributed by atoms with van der Waals surface area (Å²) < 4.78 is 83.9. The molecule has 268 valence electrons. The third-order valence-electron chi connectivity index (χ3n) is 7.53. The van der Waals surface area contributed by atoms with Gasteiger partial charge in [0, 0.05) is 24.3 Å². The highest BCUT2D eigenvalue weighted by atomic mass is 32.2. The fraction of sp³-hybridized carbons (Fsp3) is 0.516. The Balaban J connectivity index is 1.90. The number of halogens is 1. The zero-order chi connectivity index (χ0) is 37.0. The molecule has 1 spiro atoms. The van der Waals surface area contributed by atoms with Gasteiger partial charge in [0.05, 0.1) is 25.3 Å². The van der Waals surface area contributed by atoms with Gasteiger partial charge in [0.25, 0.3) is 5.91 Å². The number of hydrogen-bond acceptors (Lipinski definition) is 12. The molecule has 0 aliphatic carbocycles. The molecule has 0 bridgehead atoms. The molecular formula is C31H40FN5O10S2. The number of aromatic nitrogens is 1. The highest BCUT2D eigenvalue weighted by Gasteiger charge is 2.66. The summed E-state index contributed by atoms with van der Waals surface area (Å²) in [7, 11) is -7.04. The standard InChI is InChI=1S/C31H40FN5O10S2/c1-28(2,3)46-26(39)37(27(40)47-29(4,5)6)25-31(16-36(17-31)48(9,41)42)49(43,44)18-30(7,35-25)21-14-19(10-12-22(21)32)34-24(38)23-13-11-20(45-8)15-33-23/h10-15H,16-18H2,1-9H3,(H,34,38)/t30-/m0/s1. The fourth-order valence-electron chi connectivity index (χ4n) is 5.21. The first-order chi connectivity index (χ1) is 22.3. The molecule has 0 unspecified atom stereocenters. The average molecular weight is 726 g/mol. The van der Waals surface area contributed by atoms with Crippen LogP contribution in [0, 0.1) is 5.82 Å². The van der Waals surface area contributed by atoms with Crippen molar-refractivity contribution in [1.29, 1.82) is 0 Å². The van der Waals surface area contributed by atoms with Gasteiger partial charge in [-0.25, -0.2) is 35.8 Å². The maximum Gasteiger partial charge on any atom is 0.425 e. The molecule has 3 amide bonds. The number of pyridine rings is 1. The number of nitrogens with one attached hydrogen (secondary N) is 1. The summed E-state index contributed by atoms with van der Waals surface area (Å²) in [6, 6.07) is 6.35. The van der Waals surface area contributed by atoms with Gasteiger partial charge in [-0.2, -0.15) is 9.21 Å². The summed E-state index contributed by atoms with van der Waals surface area (Å²) in [5.74, 6) is -2.71. The molecule has 2 aromatic rings. The number of aliphatic imine (C=N–C) groups is 1. The molecule has 2 aliphatic heterocycles. The minimum Gasteiger partial charge on any atom is -0.495 e. The van der Waals surface area contributed by atoms with E-state index >= 15 is 4.39 Å². The zero-order valence-corrected chi connectivity index (χ0v) is 30.3. The molecule has 2 aliphatic rings. The first-order valence-corrected chi connectivity index (χ1v) is 18.5.